The van der Waals surface area contributed by atoms with E-state index in [9.17, 15) is 0 Å². The number of nitrogens with zero attached hydrogens (tertiary/aromatic N) is 1. The van der Waals surface area contributed by atoms with Gasteiger partial charge in [-0.1, -0.05) is 0 Å². The second-order valence-electron chi connectivity index (χ2n) is 3.79. The number of fused-ring (bicyclic) bond motifs is 1. The van der Waals surface area contributed by atoms with Gasteiger partial charge in [-0.2, -0.15) is 0 Å². The zero-order valence-electron chi connectivity index (χ0n) is 8.93. The van der Waals surface area contributed by atoms with Crippen LogP contribution in [-0.2, 0) is 0 Å². The summed E-state index contributed by atoms with van der Waals surface area (Å²) >= 11 is 0. The van der Waals surface area contributed by atoms with Gasteiger partial charge in [0.2, 0.25) is 6.79 Å². The summed E-state index contributed by atoms with van der Waals surface area (Å²) in [6, 6.07) is 9.91. The van der Waals surface area contributed by atoms with Crippen molar-refractivity contribution in [2.45, 2.75) is 6.92 Å². The van der Waals surface area contributed by atoms with Crippen molar-refractivity contribution in [2.75, 3.05) is 6.79 Å². The van der Waals surface area contributed by atoms with Gasteiger partial charge in [0, 0.05) is 11.8 Å². The molecule has 0 amide bonds. The molecule has 80 valence electrons. The van der Waals surface area contributed by atoms with Gasteiger partial charge in [-0.3, -0.25) is 4.98 Å². The van der Waals surface area contributed by atoms with Gasteiger partial charge in [-0.25, -0.2) is 0 Å². The second kappa shape index (κ2) is 3.52. The van der Waals surface area contributed by atoms with Gasteiger partial charge in [0.1, 0.15) is 0 Å². The van der Waals surface area contributed by atoms with Crippen LogP contribution >= 0.6 is 0 Å². The SMILES string of the molecule is Cc1ccnc(-c2ccc3c(c2)OCO3)c1. The highest BCUT2D eigenvalue weighted by atomic mass is 16.7. The van der Waals surface area contributed by atoms with Crippen LogP contribution < -0.4 is 9.47 Å². The molecule has 16 heavy (non-hydrogen) atoms. The molecule has 1 aromatic heterocycles. The van der Waals surface area contributed by atoms with E-state index in [2.05, 4.69) is 18.0 Å². The first-order chi connectivity index (χ1) is 7.83. The van der Waals surface area contributed by atoms with E-state index in [1.807, 2.05) is 30.5 Å². The summed E-state index contributed by atoms with van der Waals surface area (Å²) < 4.78 is 10.6. The third-order valence-electron chi connectivity index (χ3n) is 2.58. The quantitative estimate of drug-likeness (QED) is 0.729. The molecule has 2 aromatic rings. The van der Waals surface area contributed by atoms with Gasteiger partial charge in [0.15, 0.2) is 11.5 Å². The number of hydrogen-bond donors (Lipinski definition) is 0. The summed E-state index contributed by atoms with van der Waals surface area (Å²) in [4.78, 5) is 4.34. The highest BCUT2D eigenvalue weighted by molar-refractivity contribution is 5.64. The lowest BCUT2D eigenvalue weighted by molar-refractivity contribution is 0.174. The van der Waals surface area contributed by atoms with Crippen molar-refractivity contribution >= 4 is 0 Å². The van der Waals surface area contributed by atoms with Crippen LogP contribution in [0.5, 0.6) is 11.5 Å². The van der Waals surface area contributed by atoms with Crippen molar-refractivity contribution in [3.63, 3.8) is 0 Å². The van der Waals surface area contributed by atoms with E-state index in [1.165, 1.54) is 5.56 Å². The molecule has 0 saturated carbocycles. The topological polar surface area (TPSA) is 31.4 Å². The fourth-order valence-electron chi connectivity index (χ4n) is 1.75. The van der Waals surface area contributed by atoms with Crippen LogP contribution in [0.15, 0.2) is 36.5 Å². The van der Waals surface area contributed by atoms with E-state index in [0.717, 1.165) is 22.8 Å². The summed E-state index contributed by atoms with van der Waals surface area (Å²) in [5, 5.41) is 0. The predicted molar refractivity (Wildman–Crippen MR) is 60.5 cm³/mol. The Morgan fingerprint density at radius 3 is 2.81 bits per heavy atom. The fraction of sp³-hybridized carbons (Fsp3) is 0.154. The molecule has 0 bridgehead atoms. The molecule has 0 unspecified atom stereocenters. The fourth-order valence-corrected chi connectivity index (χ4v) is 1.75. The van der Waals surface area contributed by atoms with Crippen LogP contribution in [0.2, 0.25) is 0 Å². The van der Waals surface area contributed by atoms with Gasteiger partial charge in [-0.15, -0.1) is 0 Å². The minimum Gasteiger partial charge on any atom is -0.454 e. The molecule has 0 radical (unpaired) electrons. The van der Waals surface area contributed by atoms with Crippen molar-refractivity contribution in [2.24, 2.45) is 0 Å². The van der Waals surface area contributed by atoms with Gasteiger partial charge in [0.05, 0.1) is 5.69 Å². The van der Waals surface area contributed by atoms with Crippen molar-refractivity contribution < 1.29 is 9.47 Å². The second-order valence-corrected chi connectivity index (χ2v) is 3.79. The molecule has 1 aliphatic heterocycles. The van der Waals surface area contributed by atoms with Crippen LogP contribution in [0.1, 0.15) is 5.56 Å². The number of aryl methyl sites for hydroxylation is 1. The Hall–Kier alpha value is -2.03. The Morgan fingerprint density at radius 1 is 1.06 bits per heavy atom. The molecular weight excluding hydrogens is 202 g/mol. The largest absolute Gasteiger partial charge is 0.454 e. The summed E-state index contributed by atoms with van der Waals surface area (Å²) in [7, 11) is 0. The summed E-state index contributed by atoms with van der Waals surface area (Å²) in [5.74, 6) is 1.59. The molecule has 2 heterocycles. The Labute approximate surface area is 93.7 Å². The normalized spacial score (nSPS) is 12.8. The van der Waals surface area contributed by atoms with Gasteiger partial charge < -0.3 is 9.47 Å². The first-order valence-electron chi connectivity index (χ1n) is 5.15. The molecule has 1 aromatic carbocycles. The minimum absolute atomic E-state index is 0.306. The molecular formula is C13H11NO2. The predicted octanol–water partition coefficient (Wildman–Crippen LogP) is 2.79. The maximum absolute atomic E-state index is 5.34. The molecule has 0 fully saturated rings. The van der Waals surface area contributed by atoms with Crippen molar-refractivity contribution in [3.05, 3.63) is 42.1 Å². The molecule has 0 saturated heterocycles. The molecule has 1 aliphatic rings. The minimum atomic E-state index is 0.306. The Morgan fingerprint density at radius 2 is 1.94 bits per heavy atom. The third-order valence-corrected chi connectivity index (χ3v) is 2.58. The Bertz CT molecular complexity index is 537. The van der Waals surface area contributed by atoms with Gasteiger partial charge in [0.25, 0.3) is 0 Å². The molecule has 0 atom stereocenters. The number of ether oxygens (including phenoxy) is 2. The summed E-state index contributed by atoms with van der Waals surface area (Å²) in [6.07, 6.45) is 1.81. The first kappa shape index (κ1) is 9.21. The molecule has 0 spiro atoms. The molecule has 0 N–H and O–H groups in total. The van der Waals surface area contributed by atoms with Crippen molar-refractivity contribution in [1.29, 1.82) is 0 Å². The highest BCUT2D eigenvalue weighted by Crippen LogP contribution is 2.35. The number of benzene rings is 1. The van der Waals surface area contributed by atoms with Crippen molar-refractivity contribution in [1.82, 2.24) is 4.98 Å². The standard InChI is InChI=1S/C13H11NO2/c1-9-4-5-14-11(6-9)10-2-3-12-13(7-10)16-8-15-12/h2-7H,8H2,1H3. The zero-order valence-corrected chi connectivity index (χ0v) is 8.93. The van der Waals surface area contributed by atoms with E-state index < -0.39 is 0 Å². The third kappa shape index (κ3) is 1.50. The maximum Gasteiger partial charge on any atom is 0.231 e. The lowest BCUT2D eigenvalue weighted by atomic mass is 10.1. The lowest BCUT2D eigenvalue weighted by Gasteiger charge is -2.03. The average molecular weight is 213 g/mol. The van der Waals surface area contributed by atoms with Crippen LogP contribution in [0, 0.1) is 6.92 Å². The number of aromatic nitrogens is 1. The highest BCUT2D eigenvalue weighted by Gasteiger charge is 2.13. The number of pyridine rings is 1. The van der Waals surface area contributed by atoms with Gasteiger partial charge >= 0.3 is 0 Å². The van der Waals surface area contributed by atoms with Crippen molar-refractivity contribution in [3.8, 4) is 22.8 Å². The van der Waals surface area contributed by atoms with Crippen LogP contribution in [0.3, 0.4) is 0 Å². The van der Waals surface area contributed by atoms with Gasteiger partial charge in [-0.05, 0) is 42.8 Å². The maximum atomic E-state index is 5.34. The van der Waals surface area contributed by atoms with E-state index in [0.29, 0.717) is 6.79 Å². The molecule has 3 rings (SSSR count). The average Bonchev–Trinajstić information content (AvgIpc) is 2.75. The van der Waals surface area contributed by atoms with E-state index in [4.69, 9.17) is 9.47 Å². The summed E-state index contributed by atoms with van der Waals surface area (Å²) in [5.41, 5.74) is 3.20. The first-order valence-corrected chi connectivity index (χ1v) is 5.15. The van der Waals surface area contributed by atoms with E-state index >= 15 is 0 Å². The lowest BCUT2D eigenvalue weighted by Crippen LogP contribution is -1.92. The van der Waals surface area contributed by atoms with Crippen LogP contribution in [-0.4, -0.2) is 11.8 Å². The van der Waals surface area contributed by atoms with Crippen LogP contribution in [0.4, 0.5) is 0 Å². The Balaban J connectivity index is 2.07. The van der Waals surface area contributed by atoms with E-state index in [1.54, 1.807) is 0 Å². The molecule has 0 aliphatic carbocycles. The smallest absolute Gasteiger partial charge is 0.231 e. The number of hydrogen-bond acceptors (Lipinski definition) is 3. The number of rotatable bonds is 1. The Kier molecular flexibility index (Phi) is 2.03. The zero-order chi connectivity index (χ0) is 11.0. The monoisotopic (exact) mass is 213 g/mol. The summed E-state index contributed by atoms with van der Waals surface area (Å²) in [6.45, 7) is 2.36. The van der Waals surface area contributed by atoms with E-state index in [-0.39, 0.29) is 0 Å². The molecule has 3 nitrogen and oxygen atoms in total. The molecule has 3 heteroatoms. The van der Waals surface area contributed by atoms with Crippen LogP contribution in [0.25, 0.3) is 11.3 Å².